The lowest BCUT2D eigenvalue weighted by Crippen LogP contribution is -2.08. The largest absolute Gasteiger partial charge is 0.493 e. The molecule has 0 saturated carbocycles. The van der Waals surface area contributed by atoms with Gasteiger partial charge >= 0.3 is 0 Å². The van der Waals surface area contributed by atoms with E-state index in [1.165, 1.54) is 18.9 Å². The van der Waals surface area contributed by atoms with Crippen molar-refractivity contribution in [1.82, 2.24) is 9.55 Å². The van der Waals surface area contributed by atoms with Crippen LogP contribution >= 0.6 is 0 Å². The molecular weight excluding hydrogens is 406 g/mol. The summed E-state index contributed by atoms with van der Waals surface area (Å²) in [6, 6.07) is 11.3. The second-order valence-electron chi connectivity index (χ2n) is 7.55. The summed E-state index contributed by atoms with van der Waals surface area (Å²) in [6.07, 6.45) is 8.72. The number of hydrogen-bond donors (Lipinski definition) is 1. The number of methoxy groups -OCH3 is 3. The Morgan fingerprint density at radius 1 is 1.03 bits per heavy atom. The first-order valence-corrected chi connectivity index (χ1v) is 10.6. The maximum Gasteiger partial charge on any atom is 0.248 e. The highest BCUT2D eigenvalue weighted by molar-refractivity contribution is 6.02. The number of anilines is 1. The number of nitrogens with zero attached hydrogens (tertiary/aromatic N) is 2. The summed E-state index contributed by atoms with van der Waals surface area (Å²) in [5.41, 5.74) is 3.49. The first-order chi connectivity index (χ1) is 15.6. The number of benzene rings is 2. The van der Waals surface area contributed by atoms with Crippen molar-refractivity contribution in [2.24, 2.45) is 0 Å². The summed E-state index contributed by atoms with van der Waals surface area (Å²) in [6.45, 7) is 1.04. The summed E-state index contributed by atoms with van der Waals surface area (Å²) in [5, 5.41) is 2.88. The smallest absolute Gasteiger partial charge is 0.248 e. The molecule has 4 rings (SSSR count). The number of carbonyl (C=O) groups excluding carboxylic acids is 1. The van der Waals surface area contributed by atoms with Crippen molar-refractivity contribution < 1.29 is 19.0 Å². The zero-order valence-corrected chi connectivity index (χ0v) is 18.6. The van der Waals surface area contributed by atoms with Gasteiger partial charge in [0, 0.05) is 36.5 Å². The number of aromatic nitrogens is 2. The van der Waals surface area contributed by atoms with Crippen molar-refractivity contribution in [3.8, 4) is 28.5 Å². The van der Waals surface area contributed by atoms with E-state index >= 15 is 0 Å². The normalized spacial score (nSPS) is 13.0. The van der Waals surface area contributed by atoms with Gasteiger partial charge in [-0.05, 0) is 48.7 Å². The van der Waals surface area contributed by atoms with E-state index in [9.17, 15) is 4.79 Å². The molecular formula is C25H27N3O4. The third-order valence-corrected chi connectivity index (χ3v) is 5.47. The van der Waals surface area contributed by atoms with Crippen molar-refractivity contribution in [3.05, 3.63) is 60.1 Å². The Hall–Kier alpha value is -3.74. The minimum absolute atomic E-state index is 0.232. The van der Waals surface area contributed by atoms with Crippen LogP contribution in [0.5, 0.6) is 17.2 Å². The van der Waals surface area contributed by atoms with Crippen molar-refractivity contribution in [3.63, 3.8) is 0 Å². The monoisotopic (exact) mass is 433 g/mol. The van der Waals surface area contributed by atoms with Crippen LogP contribution in [0.3, 0.4) is 0 Å². The molecule has 0 radical (unpaired) electrons. The summed E-state index contributed by atoms with van der Waals surface area (Å²) in [5.74, 6) is 2.49. The third-order valence-electron chi connectivity index (χ3n) is 5.47. The van der Waals surface area contributed by atoms with Gasteiger partial charge in [-0.3, -0.25) is 4.79 Å². The fourth-order valence-corrected chi connectivity index (χ4v) is 3.83. The van der Waals surface area contributed by atoms with Gasteiger partial charge in [0.05, 0.1) is 27.0 Å². The summed E-state index contributed by atoms with van der Waals surface area (Å²) >= 11 is 0. The molecule has 2 heterocycles. The number of rotatable bonds is 7. The van der Waals surface area contributed by atoms with Crippen LogP contribution < -0.4 is 19.5 Å². The first kappa shape index (κ1) is 21.5. The number of fused-ring (bicyclic) bond motifs is 1. The number of amides is 1. The topological polar surface area (TPSA) is 74.6 Å². The SMILES string of the molecule is COc1cc(/C=C/C(=O)Nc2ccc(-c3cn4c(n3)CCCC4)cc2)cc(OC)c1OC. The number of ether oxygens (including phenoxy) is 3. The average molecular weight is 434 g/mol. The van der Waals surface area contributed by atoms with E-state index in [-0.39, 0.29) is 5.91 Å². The van der Waals surface area contributed by atoms with E-state index < -0.39 is 0 Å². The zero-order chi connectivity index (χ0) is 22.5. The number of hydrogen-bond acceptors (Lipinski definition) is 5. The number of nitrogens with one attached hydrogen (secondary N) is 1. The van der Waals surface area contributed by atoms with Crippen LogP contribution in [0.2, 0.25) is 0 Å². The van der Waals surface area contributed by atoms with E-state index in [4.69, 9.17) is 19.2 Å². The Labute approximate surface area is 187 Å². The Morgan fingerprint density at radius 2 is 1.75 bits per heavy atom. The van der Waals surface area contributed by atoms with Crippen LogP contribution in [0, 0.1) is 0 Å². The van der Waals surface area contributed by atoms with Crippen LogP contribution in [-0.2, 0) is 17.8 Å². The van der Waals surface area contributed by atoms with E-state index in [2.05, 4.69) is 16.1 Å². The molecule has 1 aliphatic rings. The van der Waals surface area contributed by atoms with Gasteiger partial charge in [0.25, 0.3) is 0 Å². The lowest BCUT2D eigenvalue weighted by Gasteiger charge is -2.12. The van der Waals surface area contributed by atoms with Gasteiger partial charge in [0.1, 0.15) is 5.82 Å². The zero-order valence-electron chi connectivity index (χ0n) is 18.6. The molecule has 7 nitrogen and oxygen atoms in total. The summed E-state index contributed by atoms with van der Waals surface area (Å²) < 4.78 is 18.3. The molecule has 0 atom stereocenters. The lowest BCUT2D eigenvalue weighted by molar-refractivity contribution is -0.111. The Morgan fingerprint density at radius 3 is 2.38 bits per heavy atom. The van der Waals surface area contributed by atoms with Gasteiger partial charge in [-0.2, -0.15) is 0 Å². The highest BCUT2D eigenvalue weighted by Crippen LogP contribution is 2.38. The molecule has 1 aliphatic heterocycles. The highest BCUT2D eigenvalue weighted by Gasteiger charge is 2.14. The van der Waals surface area contributed by atoms with E-state index in [0.717, 1.165) is 41.3 Å². The fraction of sp³-hybridized carbons (Fsp3) is 0.280. The molecule has 2 aromatic carbocycles. The maximum atomic E-state index is 12.4. The molecule has 0 bridgehead atoms. The summed E-state index contributed by atoms with van der Waals surface area (Å²) in [4.78, 5) is 17.2. The lowest BCUT2D eigenvalue weighted by atomic mass is 10.1. The molecule has 0 aliphatic carbocycles. The molecule has 0 unspecified atom stereocenters. The van der Waals surface area contributed by atoms with E-state index in [1.807, 2.05) is 24.3 Å². The van der Waals surface area contributed by atoms with Crippen molar-refractivity contribution in [1.29, 1.82) is 0 Å². The number of carbonyl (C=O) groups is 1. The molecule has 0 saturated heterocycles. The van der Waals surface area contributed by atoms with Crippen molar-refractivity contribution >= 4 is 17.7 Å². The molecule has 3 aromatic rings. The van der Waals surface area contributed by atoms with Crippen LogP contribution in [0.4, 0.5) is 5.69 Å². The van der Waals surface area contributed by atoms with Crippen molar-refractivity contribution in [2.75, 3.05) is 26.6 Å². The Kier molecular flexibility index (Phi) is 6.44. The van der Waals surface area contributed by atoms with Gasteiger partial charge in [0.2, 0.25) is 11.7 Å². The van der Waals surface area contributed by atoms with E-state index in [0.29, 0.717) is 17.2 Å². The van der Waals surface area contributed by atoms with Gasteiger partial charge in [-0.25, -0.2) is 4.98 Å². The molecule has 0 spiro atoms. The van der Waals surface area contributed by atoms with Crippen molar-refractivity contribution in [2.45, 2.75) is 25.8 Å². The van der Waals surface area contributed by atoms with Gasteiger partial charge in [-0.1, -0.05) is 12.1 Å². The molecule has 166 valence electrons. The maximum absolute atomic E-state index is 12.4. The standard InChI is InChI=1S/C25H27N3O4/c1-30-21-14-17(15-22(31-2)25(21)32-3)7-12-24(29)26-19-10-8-18(9-11-19)20-16-28-13-5-4-6-23(28)27-20/h7-12,14-16H,4-6,13H2,1-3H3,(H,26,29)/b12-7+. The Balaban J connectivity index is 1.43. The van der Waals surface area contributed by atoms with Crippen LogP contribution in [0.15, 0.2) is 48.7 Å². The van der Waals surface area contributed by atoms with Crippen LogP contribution in [0.25, 0.3) is 17.3 Å². The number of aryl methyl sites for hydroxylation is 2. The molecule has 7 heteroatoms. The average Bonchev–Trinajstić information content (AvgIpc) is 3.26. The van der Waals surface area contributed by atoms with Gasteiger partial charge < -0.3 is 24.1 Å². The molecule has 1 amide bonds. The first-order valence-electron chi connectivity index (χ1n) is 10.6. The number of imidazole rings is 1. The predicted octanol–water partition coefficient (Wildman–Crippen LogP) is 4.56. The van der Waals surface area contributed by atoms with E-state index in [1.54, 1.807) is 39.5 Å². The predicted molar refractivity (Wildman–Crippen MR) is 124 cm³/mol. The van der Waals surface area contributed by atoms with Gasteiger partial charge in [0.15, 0.2) is 11.5 Å². The van der Waals surface area contributed by atoms with Crippen LogP contribution in [0.1, 0.15) is 24.2 Å². The molecule has 32 heavy (non-hydrogen) atoms. The summed E-state index contributed by atoms with van der Waals surface area (Å²) in [7, 11) is 4.66. The quantitative estimate of drug-likeness (QED) is 0.553. The molecule has 1 N–H and O–H groups in total. The molecule has 1 aromatic heterocycles. The minimum atomic E-state index is -0.232. The minimum Gasteiger partial charge on any atom is -0.493 e. The fourth-order valence-electron chi connectivity index (χ4n) is 3.83. The van der Waals surface area contributed by atoms with Gasteiger partial charge in [-0.15, -0.1) is 0 Å². The second kappa shape index (κ2) is 9.60. The highest BCUT2D eigenvalue weighted by atomic mass is 16.5. The Bertz CT molecular complexity index is 1080. The van der Waals surface area contributed by atoms with Crippen LogP contribution in [-0.4, -0.2) is 36.8 Å². The third kappa shape index (κ3) is 4.61. The molecule has 0 fully saturated rings. The second-order valence-corrected chi connectivity index (χ2v) is 7.55.